The fourth-order valence-corrected chi connectivity index (χ4v) is 2.22. The lowest BCUT2D eigenvalue weighted by atomic mass is 10.2. The topological polar surface area (TPSA) is 61.9 Å². The predicted molar refractivity (Wildman–Crippen MR) is 83.2 cm³/mol. The molecule has 114 valence electrons. The second kappa shape index (κ2) is 4.98. The lowest BCUT2D eigenvalue weighted by Crippen LogP contribution is -2.28. The predicted octanol–water partition coefficient (Wildman–Crippen LogP) is 3.31. The molecule has 0 aliphatic carbocycles. The van der Waals surface area contributed by atoms with Crippen molar-refractivity contribution in [3.05, 3.63) is 42.4 Å². The van der Waals surface area contributed by atoms with E-state index in [2.05, 4.69) is 10.1 Å². The molecule has 3 rings (SSSR count). The first-order chi connectivity index (χ1) is 10.3. The Morgan fingerprint density at radius 2 is 2.05 bits per heavy atom. The van der Waals surface area contributed by atoms with Gasteiger partial charge in [-0.3, -0.25) is 4.57 Å². The van der Waals surface area contributed by atoms with Gasteiger partial charge in [0.2, 0.25) is 0 Å². The normalized spacial score (nSPS) is 11.8. The summed E-state index contributed by atoms with van der Waals surface area (Å²) >= 11 is 0. The van der Waals surface area contributed by atoms with Crippen LogP contribution in [0.5, 0.6) is 0 Å². The van der Waals surface area contributed by atoms with Crippen molar-refractivity contribution < 1.29 is 9.53 Å². The van der Waals surface area contributed by atoms with Gasteiger partial charge in [0.15, 0.2) is 5.82 Å². The lowest BCUT2D eigenvalue weighted by Gasteiger charge is -2.19. The van der Waals surface area contributed by atoms with Crippen molar-refractivity contribution in [2.45, 2.75) is 33.3 Å². The van der Waals surface area contributed by atoms with E-state index in [1.807, 2.05) is 62.7 Å². The number of nitrogens with zero attached hydrogens (tertiary/aromatic N) is 4. The molecule has 6 heteroatoms. The number of fused-ring (bicyclic) bond motifs is 1. The van der Waals surface area contributed by atoms with Crippen LogP contribution in [0, 0.1) is 6.92 Å². The first-order valence-corrected chi connectivity index (χ1v) is 7.08. The molecular formula is C16H18N4O2. The molecule has 0 spiro atoms. The minimum absolute atomic E-state index is 0.485. The van der Waals surface area contributed by atoms with E-state index in [0.717, 1.165) is 11.0 Å². The summed E-state index contributed by atoms with van der Waals surface area (Å²) in [6.45, 7) is 7.30. The number of pyridine rings is 1. The number of rotatable bonds is 1. The molecule has 0 radical (unpaired) electrons. The molecule has 0 N–H and O–H groups in total. The zero-order chi connectivity index (χ0) is 15.9. The highest BCUT2D eigenvalue weighted by molar-refractivity contribution is 5.78. The Bertz CT molecular complexity index is 839. The van der Waals surface area contributed by atoms with Crippen LogP contribution in [0.25, 0.3) is 16.9 Å². The minimum Gasteiger partial charge on any atom is -0.442 e. The molecule has 0 aromatic carbocycles. The van der Waals surface area contributed by atoms with Gasteiger partial charge in [-0.1, -0.05) is 0 Å². The number of hydrogen-bond acceptors (Lipinski definition) is 4. The second-order valence-corrected chi connectivity index (χ2v) is 6.14. The van der Waals surface area contributed by atoms with Crippen molar-refractivity contribution >= 4 is 17.1 Å². The molecule has 3 aromatic heterocycles. The number of ether oxygens (including phenoxy) is 1. The summed E-state index contributed by atoms with van der Waals surface area (Å²) < 4.78 is 8.48. The minimum atomic E-state index is -0.558. The van der Waals surface area contributed by atoms with E-state index in [9.17, 15) is 4.79 Å². The van der Waals surface area contributed by atoms with Crippen LogP contribution in [0.3, 0.4) is 0 Å². The summed E-state index contributed by atoms with van der Waals surface area (Å²) in [5, 5.41) is 5.37. The smallest absolute Gasteiger partial charge is 0.435 e. The van der Waals surface area contributed by atoms with Gasteiger partial charge in [-0.25, -0.2) is 9.78 Å². The molecule has 0 amide bonds. The van der Waals surface area contributed by atoms with Crippen LogP contribution in [0.1, 0.15) is 26.5 Å². The van der Waals surface area contributed by atoms with Crippen molar-refractivity contribution in [1.82, 2.24) is 19.3 Å². The van der Waals surface area contributed by atoms with Gasteiger partial charge in [0.25, 0.3) is 0 Å². The maximum absolute atomic E-state index is 12.2. The van der Waals surface area contributed by atoms with Crippen LogP contribution >= 0.6 is 0 Å². The molecular weight excluding hydrogens is 280 g/mol. The van der Waals surface area contributed by atoms with Crippen molar-refractivity contribution in [2.75, 3.05) is 0 Å². The Hall–Kier alpha value is -2.63. The molecule has 0 fully saturated rings. The summed E-state index contributed by atoms with van der Waals surface area (Å²) in [4.78, 5) is 16.5. The molecule has 6 nitrogen and oxygen atoms in total. The number of carbonyl (C=O) groups excluding carboxylic acids is 1. The van der Waals surface area contributed by atoms with E-state index in [4.69, 9.17) is 4.74 Å². The maximum Gasteiger partial charge on any atom is 0.435 e. The van der Waals surface area contributed by atoms with Gasteiger partial charge in [-0.15, -0.1) is 5.10 Å². The molecule has 0 bridgehead atoms. The van der Waals surface area contributed by atoms with Gasteiger partial charge in [0, 0.05) is 23.8 Å². The van der Waals surface area contributed by atoms with E-state index >= 15 is 0 Å². The highest BCUT2D eigenvalue weighted by Gasteiger charge is 2.21. The summed E-state index contributed by atoms with van der Waals surface area (Å²) in [6.07, 6.45) is 3.13. The van der Waals surface area contributed by atoms with E-state index in [0.29, 0.717) is 11.5 Å². The third-order valence-electron chi connectivity index (χ3n) is 3.14. The summed E-state index contributed by atoms with van der Waals surface area (Å²) in [5.41, 5.74) is 0.954. The molecule has 0 aliphatic heterocycles. The van der Waals surface area contributed by atoms with E-state index in [1.54, 1.807) is 6.20 Å². The summed E-state index contributed by atoms with van der Waals surface area (Å²) in [7, 11) is 0. The quantitative estimate of drug-likeness (QED) is 0.691. The zero-order valence-electron chi connectivity index (χ0n) is 13.1. The fraction of sp³-hybridized carbons (Fsp3) is 0.312. The van der Waals surface area contributed by atoms with Crippen LogP contribution in [0.2, 0.25) is 0 Å². The molecule has 0 atom stereocenters. The van der Waals surface area contributed by atoms with Crippen LogP contribution in [-0.2, 0) is 4.74 Å². The van der Waals surface area contributed by atoms with Gasteiger partial charge in [-0.05, 0) is 45.9 Å². The average molecular weight is 298 g/mol. The van der Waals surface area contributed by atoms with Gasteiger partial charge in [-0.2, -0.15) is 4.68 Å². The van der Waals surface area contributed by atoms with Crippen molar-refractivity contribution in [3.63, 3.8) is 0 Å². The van der Waals surface area contributed by atoms with Crippen LogP contribution < -0.4 is 0 Å². The fourth-order valence-electron chi connectivity index (χ4n) is 2.22. The lowest BCUT2D eigenvalue weighted by molar-refractivity contribution is 0.0511. The van der Waals surface area contributed by atoms with Crippen molar-refractivity contribution in [1.29, 1.82) is 0 Å². The monoisotopic (exact) mass is 298 g/mol. The summed E-state index contributed by atoms with van der Waals surface area (Å²) in [5.74, 6) is 0.636. The largest absolute Gasteiger partial charge is 0.442 e. The van der Waals surface area contributed by atoms with Crippen LogP contribution in [-0.4, -0.2) is 31.0 Å². The van der Waals surface area contributed by atoms with E-state index in [-0.39, 0.29) is 0 Å². The molecule has 22 heavy (non-hydrogen) atoms. The Labute approximate surface area is 128 Å². The van der Waals surface area contributed by atoms with Gasteiger partial charge in [0.1, 0.15) is 11.2 Å². The molecule has 0 aliphatic rings. The highest BCUT2D eigenvalue weighted by atomic mass is 16.6. The maximum atomic E-state index is 12.2. The van der Waals surface area contributed by atoms with Gasteiger partial charge in [0.05, 0.1) is 5.69 Å². The van der Waals surface area contributed by atoms with E-state index in [1.165, 1.54) is 4.68 Å². The Kier molecular flexibility index (Phi) is 3.24. The van der Waals surface area contributed by atoms with Gasteiger partial charge >= 0.3 is 6.09 Å². The van der Waals surface area contributed by atoms with Crippen molar-refractivity contribution in [3.8, 4) is 5.82 Å². The highest BCUT2D eigenvalue weighted by Crippen LogP contribution is 2.19. The SMILES string of the molecule is Cc1cc(-n2ccc3cccnc32)nn1C(=O)OC(C)(C)C. The number of aryl methyl sites for hydroxylation is 1. The third-order valence-corrected chi connectivity index (χ3v) is 3.14. The summed E-state index contributed by atoms with van der Waals surface area (Å²) in [6, 6.07) is 7.66. The Morgan fingerprint density at radius 3 is 2.77 bits per heavy atom. The average Bonchev–Trinajstić information content (AvgIpc) is 3.00. The molecule has 3 heterocycles. The molecule has 3 aromatic rings. The molecule has 0 saturated carbocycles. The van der Waals surface area contributed by atoms with Crippen LogP contribution in [0.4, 0.5) is 4.79 Å². The van der Waals surface area contributed by atoms with E-state index < -0.39 is 11.7 Å². The standard InChI is InChI=1S/C16H18N4O2/c1-11-10-13(18-20(11)15(21)22-16(2,3)4)19-9-7-12-6-5-8-17-14(12)19/h5-10H,1-4H3. The van der Waals surface area contributed by atoms with Gasteiger partial charge < -0.3 is 4.74 Å². The first-order valence-electron chi connectivity index (χ1n) is 7.08. The third kappa shape index (κ3) is 2.59. The second-order valence-electron chi connectivity index (χ2n) is 6.14. The van der Waals surface area contributed by atoms with Crippen molar-refractivity contribution in [2.24, 2.45) is 0 Å². The molecule has 0 saturated heterocycles. The first kappa shape index (κ1) is 14.3. The zero-order valence-corrected chi connectivity index (χ0v) is 13.1. The molecule has 0 unspecified atom stereocenters. The number of aromatic nitrogens is 4. The Morgan fingerprint density at radius 1 is 1.27 bits per heavy atom. The Balaban J connectivity index is 2.00. The number of hydrogen-bond donors (Lipinski definition) is 0. The van der Waals surface area contributed by atoms with Crippen LogP contribution in [0.15, 0.2) is 36.7 Å². The number of carbonyl (C=O) groups is 1.